The van der Waals surface area contributed by atoms with Crippen LogP contribution in [0.2, 0.25) is 0 Å². The molecule has 9 nitrogen and oxygen atoms in total. The summed E-state index contributed by atoms with van der Waals surface area (Å²) in [6.45, 7) is 5.97. The van der Waals surface area contributed by atoms with Crippen LogP contribution >= 0.6 is 0 Å². The lowest BCUT2D eigenvalue weighted by Crippen LogP contribution is -2.39. The van der Waals surface area contributed by atoms with E-state index in [4.69, 9.17) is 4.74 Å². The van der Waals surface area contributed by atoms with Crippen LogP contribution in [-0.4, -0.2) is 47.4 Å². The van der Waals surface area contributed by atoms with Crippen LogP contribution in [0.3, 0.4) is 0 Å². The molecule has 1 fully saturated rings. The van der Waals surface area contributed by atoms with Crippen LogP contribution in [0.25, 0.3) is 0 Å². The van der Waals surface area contributed by atoms with E-state index in [2.05, 4.69) is 16.0 Å². The molecule has 2 aromatic carbocycles. The molecule has 1 heterocycles. The highest BCUT2D eigenvalue weighted by Gasteiger charge is 2.34. The van der Waals surface area contributed by atoms with Crippen molar-refractivity contribution in [2.24, 2.45) is 5.92 Å². The fourth-order valence-corrected chi connectivity index (χ4v) is 3.66. The van der Waals surface area contributed by atoms with Gasteiger partial charge in [-0.1, -0.05) is 48.5 Å². The second kappa shape index (κ2) is 11.5. The number of carbonyl (C=O) groups excluding carboxylic acids is 4. The van der Waals surface area contributed by atoms with Crippen LogP contribution in [0, 0.1) is 5.92 Å². The molecule has 0 aliphatic carbocycles. The van der Waals surface area contributed by atoms with Crippen molar-refractivity contribution in [2.45, 2.75) is 45.9 Å². The lowest BCUT2D eigenvalue weighted by atomic mass is 10.1. The fraction of sp³-hybridized carbons (Fsp3) is 0.385. The maximum Gasteiger partial charge on any atom is 0.408 e. The Morgan fingerprint density at radius 1 is 1.00 bits per heavy atom. The van der Waals surface area contributed by atoms with E-state index < -0.39 is 23.5 Å². The van der Waals surface area contributed by atoms with Crippen LogP contribution in [0.5, 0.6) is 0 Å². The number of anilines is 1. The third-order valence-electron chi connectivity index (χ3n) is 5.34. The largest absolute Gasteiger partial charge is 0.444 e. The zero-order valence-electron chi connectivity index (χ0n) is 20.3. The van der Waals surface area contributed by atoms with Gasteiger partial charge in [0.1, 0.15) is 12.1 Å². The number of carbonyl (C=O) groups is 4. The highest BCUT2D eigenvalue weighted by atomic mass is 16.6. The molecule has 0 spiro atoms. The Morgan fingerprint density at radius 2 is 1.69 bits per heavy atom. The van der Waals surface area contributed by atoms with E-state index in [0.717, 1.165) is 5.56 Å². The van der Waals surface area contributed by atoms with Gasteiger partial charge in [-0.2, -0.15) is 0 Å². The second-order valence-corrected chi connectivity index (χ2v) is 9.44. The van der Waals surface area contributed by atoms with Gasteiger partial charge < -0.3 is 25.6 Å². The summed E-state index contributed by atoms with van der Waals surface area (Å²) < 4.78 is 5.11. The molecule has 35 heavy (non-hydrogen) atoms. The molecule has 0 bridgehead atoms. The van der Waals surface area contributed by atoms with E-state index in [-0.39, 0.29) is 31.3 Å². The van der Waals surface area contributed by atoms with Crippen molar-refractivity contribution in [1.82, 2.24) is 15.5 Å². The molecule has 2 aromatic rings. The van der Waals surface area contributed by atoms with Gasteiger partial charge in [0, 0.05) is 31.7 Å². The number of nitrogens with zero attached hydrogens (tertiary/aromatic N) is 1. The van der Waals surface area contributed by atoms with Crippen molar-refractivity contribution in [1.29, 1.82) is 0 Å². The Balaban J connectivity index is 1.51. The smallest absolute Gasteiger partial charge is 0.408 e. The maximum atomic E-state index is 12.9. The van der Waals surface area contributed by atoms with Gasteiger partial charge in [0.2, 0.25) is 17.7 Å². The summed E-state index contributed by atoms with van der Waals surface area (Å²) >= 11 is 0. The van der Waals surface area contributed by atoms with Crippen LogP contribution in [-0.2, 0) is 32.2 Å². The lowest BCUT2D eigenvalue weighted by molar-refractivity contribution is -0.128. The molecule has 1 unspecified atom stereocenters. The zero-order chi connectivity index (χ0) is 25.4. The highest BCUT2D eigenvalue weighted by Crippen LogP contribution is 2.23. The quantitative estimate of drug-likeness (QED) is 0.537. The van der Waals surface area contributed by atoms with Crippen molar-refractivity contribution in [3.63, 3.8) is 0 Å². The second-order valence-electron chi connectivity index (χ2n) is 9.44. The summed E-state index contributed by atoms with van der Waals surface area (Å²) in [5.74, 6) is -1.13. The summed E-state index contributed by atoms with van der Waals surface area (Å²) in [7, 11) is 0. The van der Waals surface area contributed by atoms with Crippen molar-refractivity contribution >= 4 is 29.5 Å². The molecule has 0 aromatic heterocycles. The molecule has 4 amide bonds. The average Bonchev–Trinajstić information content (AvgIpc) is 3.17. The van der Waals surface area contributed by atoms with Gasteiger partial charge in [-0.15, -0.1) is 0 Å². The maximum absolute atomic E-state index is 12.9. The van der Waals surface area contributed by atoms with Crippen LogP contribution in [0.1, 0.15) is 38.3 Å². The minimum Gasteiger partial charge on any atom is -0.444 e. The average molecular weight is 481 g/mol. The van der Waals surface area contributed by atoms with E-state index in [0.29, 0.717) is 24.3 Å². The molecule has 1 saturated heterocycles. The number of hydrogen-bond donors (Lipinski definition) is 3. The summed E-state index contributed by atoms with van der Waals surface area (Å²) in [6, 6.07) is 16.8. The normalized spacial score (nSPS) is 15.5. The summed E-state index contributed by atoms with van der Waals surface area (Å²) in [4.78, 5) is 50.9. The van der Waals surface area contributed by atoms with Crippen LogP contribution in [0.4, 0.5) is 10.5 Å². The van der Waals surface area contributed by atoms with Gasteiger partial charge in [-0.25, -0.2) is 4.79 Å². The molecule has 3 N–H and O–H groups in total. The monoisotopic (exact) mass is 480 g/mol. The Hall–Kier alpha value is -3.88. The molecule has 1 aliphatic heterocycles. The van der Waals surface area contributed by atoms with E-state index in [9.17, 15) is 19.2 Å². The Kier molecular flexibility index (Phi) is 8.46. The standard InChI is InChI=1S/C26H32N4O5/c1-26(2,3)35-25(34)28-15-22(31)27-14-19-11-7-8-12-21(19)29-24(33)20-13-23(32)30(17-20)16-18-9-5-4-6-10-18/h4-12,20H,13-17H2,1-3H3,(H,27,31)(H,28,34)(H,29,33). The van der Waals surface area contributed by atoms with E-state index >= 15 is 0 Å². The number of likely N-dealkylation sites (tertiary alicyclic amines) is 1. The topological polar surface area (TPSA) is 117 Å². The number of alkyl carbamates (subject to hydrolysis) is 1. The first kappa shape index (κ1) is 25.7. The Morgan fingerprint density at radius 3 is 2.40 bits per heavy atom. The lowest BCUT2D eigenvalue weighted by Gasteiger charge is -2.19. The van der Waals surface area contributed by atoms with Gasteiger partial charge >= 0.3 is 6.09 Å². The third-order valence-corrected chi connectivity index (χ3v) is 5.34. The highest BCUT2D eigenvalue weighted by molar-refractivity contribution is 5.97. The first-order valence-electron chi connectivity index (χ1n) is 11.5. The van der Waals surface area contributed by atoms with Crippen molar-refractivity contribution in [3.05, 3.63) is 65.7 Å². The Labute approximate surface area is 205 Å². The first-order valence-corrected chi connectivity index (χ1v) is 11.5. The number of benzene rings is 2. The number of hydrogen-bond acceptors (Lipinski definition) is 5. The molecular formula is C26H32N4O5. The van der Waals surface area contributed by atoms with Gasteiger partial charge in [0.05, 0.1) is 5.92 Å². The molecule has 186 valence electrons. The summed E-state index contributed by atoms with van der Waals surface area (Å²) in [6.07, 6.45) is -0.513. The number of para-hydroxylation sites is 1. The van der Waals surface area contributed by atoms with E-state index in [1.807, 2.05) is 30.3 Å². The van der Waals surface area contributed by atoms with Crippen molar-refractivity contribution in [3.8, 4) is 0 Å². The number of ether oxygens (including phenoxy) is 1. The minimum atomic E-state index is -0.673. The molecule has 0 saturated carbocycles. The molecule has 0 radical (unpaired) electrons. The van der Waals surface area contributed by atoms with E-state index in [1.165, 1.54) is 0 Å². The molecule has 9 heteroatoms. The molecular weight excluding hydrogens is 448 g/mol. The minimum absolute atomic E-state index is 0.0490. The summed E-state index contributed by atoms with van der Waals surface area (Å²) in [5, 5.41) is 8.02. The first-order chi connectivity index (χ1) is 16.6. The van der Waals surface area contributed by atoms with Crippen molar-refractivity contribution in [2.75, 3.05) is 18.4 Å². The van der Waals surface area contributed by atoms with E-state index in [1.54, 1.807) is 49.9 Å². The number of amides is 4. The number of nitrogens with one attached hydrogen (secondary N) is 3. The predicted octanol–water partition coefficient (Wildman–Crippen LogP) is 2.81. The van der Waals surface area contributed by atoms with Gasteiger partial charge in [-0.05, 0) is 38.0 Å². The molecule has 3 rings (SSSR count). The van der Waals surface area contributed by atoms with Gasteiger partial charge in [-0.3, -0.25) is 14.4 Å². The van der Waals surface area contributed by atoms with Crippen LogP contribution < -0.4 is 16.0 Å². The number of rotatable bonds is 8. The predicted molar refractivity (Wildman–Crippen MR) is 131 cm³/mol. The van der Waals surface area contributed by atoms with Gasteiger partial charge in [0.25, 0.3) is 0 Å². The van der Waals surface area contributed by atoms with Crippen molar-refractivity contribution < 1.29 is 23.9 Å². The summed E-state index contributed by atoms with van der Waals surface area (Å²) in [5.41, 5.74) is 1.63. The zero-order valence-corrected chi connectivity index (χ0v) is 20.3. The van der Waals surface area contributed by atoms with Crippen LogP contribution in [0.15, 0.2) is 54.6 Å². The molecule has 1 aliphatic rings. The SMILES string of the molecule is CC(C)(C)OC(=O)NCC(=O)NCc1ccccc1NC(=O)C1CC(=O)N(Cc2ccccc2)C1. The fourth-order valence-electron chi connectivity index (χ4n) is 3.66. The third kappa shape index (κ3) is 8.13. The Bertz CT molecular complexity index is 1060. The van der Waals surface area contributed by atoms with Gasteiger partial charge in [0.15, 0.2) is 0 Å². The molecule has 1 atom stereocenters.